The fourth-order valence-electron chi connectivity index (χ4n) is 1.81. The van der Waals surface area contributed by atoms with Gasteiger partial charge in [0.15, 0.2) is 0 Å². The van der Waals surface area contributed by atoms with E-state index in [-0.39, 0.29) is 5.56 Å². The Morgan fingerprint density at radius 2 is 2.00 bits per heavy atom. The zero-order valence-electron chi connectivity index (χ0n) is 11.5. The topological polar surface area (TPSA) is 83.0 Å². The number of pyridine rings is 2. The molecular formula is C14H12N4O3. The van der Waals surface area contributed by atoms with E-state index < -0.39 is 0 Å². The predicted octanol–water partition coefficient (Wildman–Crippen LogP) is 1.51. The van der Waals surface area contributed by atoms with E-state index in [9.17, 15) is 4.79 Å². The van der Waals surface area contributed by atoms with Gasteiger partial charge >= 0.3 is 0 Å². The lowest BCUT2D eigenvalue weighted by Gasteiger charge is -1.98. The molecule has 0 N–H and O–H groups in total. The molecule has 3 aromatic rings. The van der Waals surface area contributed by atoms with Crippen LogP contribution in [0.1, 0.15) is 0 Å². The Morgan fingerprint density at radius 1 is 1.19 bits per heavy atom. The molecule has 3 rings (SSSR count). The van der Waals surface area contributed by atoms with Crippen LogP contribution >= 0.6 is 0 Å². The van der Waals surface area contributed by atoms with Gasteiger partial charge in [0.05, 0.1) is 12.7 Å². The number of rotatable bonds is 3. The first kappa shape index (κ1) is 13.0. The van der Waals surface area contributed by atoms with Crippen molar-refractivity contribution in [1.29, 1.82) is 0 Å². The normalized spacial score (nSPS) is 10.6. The molecule has 21 heavy (non-hydrogen) atoms. The maximum atomic E-state index is 11.4. The van der Waals surface area contributed by atoms with E-state index >= 15 is 0 Å². The van der Waals surface area contributed by atoms with E-state index in [1.165, 1.54) is 10.6 Å². The minimum Gasteiger partial charge on any atom is -0.481 e. The van der Waals surface area contributed by atoms with E-state index in [1.54, 1.807) is 44.8 Å². The quantitative estimate of drug-likeness (QED) is 0.725. The molecule has 0 radical (unpaired) electrons. The van der Waals surface area contributed by atoms with Gasteiger partial charge in [0.25, 0.3) is 5.89 Å². The average molecular weight is 284 g/mol. The van der Waals surface area contributed by atoms with E-state index in [4.69, 9.17) is 9.26 Å². The summed E-state index contributed by atoms with van der Waals surface area (Å²) in [5.74, 6) is 1.28. The molecule has 0 atom stereocenters. The van der Waals surface area contributed by atoms with Crippen molar-refractivity contribution in [2.24, 2.45) is 7.05 Å². The van der Waals surface area contributed by atoms with Crippen LogP contribution in [0.4, 0.5) is 0 Å². The lowest BCUT2D eigenvalue weighted by Crippen LogP contribution is -2.14. The van der Waals surface area contributed by atoms with Gasteiger partial charge in [0.2, 0.25) is 17.3 Å². The van der Waals surface area contributed by atoms with Crippen LogP contribution in [-0.2, 0) is 7.05 Å². The molecule has 0 spiro atoms. The molecule has 0 fully saturated rings. The SMILES string of the molecule is COc1ccc(-c2nc(-c3ccc(=O)n(C)c3)no2)cn1. The smallest absolute Gasteiger partial charge is 0.259 e. The number of methoxy groups -OCH3 is 1. The highest BCUT2D eigenvalue weighted by Crippen LogP contribution is 2.22. The highest BCUT2D eigenvalue weighted by Gasteiger charge is 2.11. The minimum atomic E-state index is -0.0955. The molecule has 0 aliphatic heterocycles. The van der Waals surface area contributed by atoms with Crippen molar-refractivity contribution in [3.05, 3.63) is 47.0 Å². The first-order valence-corrected chi connectivity index (χ1v) is 6.18. The van der Waals surface area contributed by atoms with Gasteiger partial charge in [0, 0.05) is 37.1 Å². The molecule has 3 aromatic heterocycles. The minimum absolute atomic E-state index is 0.0955. The fourth-order valence-corrected chi connectivity index (χ4v) is 1.81. The summed E-state index contributed by atoms with van der Waals surface area (Å²) >= 11 is 0. The number of hydrogen-bond donors (Lipinski definition) is 0. The van der Waals surface area contributed by atoms with Gasteiger partial charge < -0.3 is 13.8 Å². The van der Waals surface area contributed by atoms with Gasteiger partial charge in [0.1, 0.15) is 0 Å². The van der Waals surface area contributed by atoms with Crippen molar-refractivity contribution >= 4 is 0 Å². The molecule has 0 saturated heterocycles. The third-order valence-electron chi connectivity index (χ3n) is 2.96. The third-order valence-corrected chi connectivity index (χ3v) is 2.96. The van der Waals surface area contributed by atoms with E-state index in [0.29, 0.717) is 28.7 Å². The predicted molar refractivity (Wildman–Crippen MR) is 74.8 cm³/mol. The molecule has 0 unspecified atom stereocenters. The molecule has 0 amide bonds. The Morgan fingerprint density at radius 3 is 2.67 bits per heavy atom. The highest BCUT2D eigenvalue weighted by atomic mass is 16.5. The van der Waals surface area contributed by atoms with Crippen LogP contribution in [0, 0.1) is 0 Å². The first-order valence-electron chi connectivity index (χ1n) is 6.18. The van der Waals surface area contributed by atoms with Gasteiger partial charge in [-0.05, 0) is 12.1 Å². The summed E-state index contributed by atoms with van der Waals surface area (Å²) in [5, 5.41) is 3.92. The van der Waals surface area contributed by atoms with Gasteiger partial charge in [-0.1, -0.05) is 5.16 Å². The van der Waals surface area contributed by atoms with Crippen molar-refractivity contribution in [1.82, 2.24) is 19.7 Å². The van der Waals surface area contributed by atoms with Gasteiger partial charge in [-0.3, -0.25) is 4.79 Å². The summed E-state index contributed by atoms with van der Waals surface area (Å²) in [4.78, 5) is 19.8. The van der Waals surface area contributed by atoms with Gasteiger partial charge in [-0.2, -0.15) is 4.98 Å². The molecule has 0 aliphatic rings. The zero-order valence-corrected chi connectivity index (χ0v) is 11.5. The number of nitrogens with zero attached hydrogens (tertiary/aromatic N) is 4. The maximum Gasteiger partial charge on any atom is 0.259 e. The summed E-state index contributed by atoms with van der Waals surface area (Å²) < 4.78 is 11.7. The second-order valence-corrected chi connectivity index (χ2v) is 4.38. The van der Waals surface area contributed by atoms with E-state index in [0.717, 1.165) is 0 Å². The van der Waals surface area contributed by atoms with Crippen LogP contribution in [0.3, 0.4) is 0 Å². The van der Waals surface area contributed by atoms with Gasteiger partial charge in [-0.15, -0.1) is 0 Å². The Balaban J connectivity index is 1.95. The van der Waals surface area contributed by atoms with Gasteiger partial charge in [-0.25, -0.2) is 4.98 Å². The molecule has 106 valence electrons. The lowest BCUT2D eigenvalue weighted by atomic mass is 10.2. The number of ether oxygens (including phenoxy) is 1. The molecule has 7 heteroatoms. The maximum absolute atomic E-state index is 11.4. The lowest BCUT2D eigenvalue weighted by molar-refractivity contribution is 0.397. The molecular weight excluding hydrogens is 272 g/mol. The molecule has 0 aromatic carbocycles. The van der Waals surface area contributed by atoms with Crippen LogP contribution in [0.2, 0.25) is 0 Å². The zero-order chi connectivity index (χ0) is 14.8. The first-order chi connectivity index (χ1) is 10.2. The van der Waals surface area contributed by atoms with Crippen molar-refractivity contribution in [2.75, 3.05) is 7.11 Å². The van der Waals surface area contributed by atoms with E-state index in [2.05, 4.69) is 15.1 Å². The standard InChI is InChI=1S/C14H12N4O3/c1-18-8-10(4-6-12(18)19)13-16-14(21-17-13)9-3-5-11(20-2)15-7-9/h3-8H,1-2H3. The molecule has 7 nitrogen and oxygen atoms in total. The summed E-state index contributed by atoms with van der Waals surface area (Å²) in [6.45, 7) is 0. The third kappa shape index (κ3) is 2.53. The van der Waals surface area contributed by atoms with Crippen LogP contribution in [0.15, 0.2) is 46.0 Å². The largest absolute Gasteiger partial charge is 0.481 e. The van der Waals surface area contributed by atoms with Crippen LogP contribution in [0.25, 0.3) is 22.8 Å². The van der Waals surface area contributed by atoms with Crippen LogP contribution < -0.4 is 10.3 Å². The second-order valence-electron chi connectivity index (χ2n) is 4.38. The highest BCUT2D eigenvalue weighted by molar-refractivity contribution is 5.58. The van der Waals surface area contributed by atoms with Crippen molar-refractivity contribution in [3.63, 3.8) is 0 Å². The molecule has 0 saturated carbocycles. The monoisotopic (exact) mass is 284 g/mol. The number of aromatic nitrogens is 4. The number of hydrogen-bond acceptors (Lipinski definition) is 6. The van der Waals surface area contributed by atoms with Crippen molar-refractivity contribution < 1.29 is 9.26 Å². The average Bonchev–Trinajstić information content (AvgIpc) is 3.00. The van der Waals surface area contributed by atoms with E-state index in [1.807, 2.05) is 0 Å². The molecule has 0 bridgehead atoms. The summed E-state index contributed by atoms with van der Waals surface area (Å²) in [5.41, 5.74) is 1.30. The molecule has 0 aliphatic carbocycles. The number of aryl methyl sites for hydroxylation is 1. The fraction of sp³-hybridized carbons (Fsp3) is 0.143. The van der Waals surface area contributed by atoms with Crippen molar-refractivity contribution in [3.8, 4) is 28.7 Å². The van der Waals surface area contributed by atoms with Crippen LogP contribution in [0.5, 0.6) is 5.88 Å². The Kier molecular flexibility index (Phi) is 3.23. The summed E-state index contributed by atoms with van der Waals surface area (Å²) in [6.07, 6.45) is 3.25. The summed E-state index contributed by atoms with van der Waals surface area (Å²) in [6, 6.07) is 6.61. The Labute approximate surface area is 119 Å². The molecule has 3 heterocycles. The Hall–Kier alpha value is -2.96. The van der Waals surface area contributed by atoms with Crippen LogP contribution in [-0.4, -0.2) is 26.8 Å². The van der Waals surface area contributed by atoms with Crippen molar-refractivity contribution in [2.45, 2.75) is 0 Å². The summed E-state index contributed by atoms with van der Waals surface area (Å²) in [7, 11) is 3.21. The Bertz CT molecular complexity index is 821. The second kappa shape index (κ2) is 5.20.